The highest BCUT2D eigenvalue weighted by molar-refractivity contribution is 5.95. The molecule has 0 aliphatic heterocycles. The van der Waals surface area contributed by atoms with Crippen LogP contribution in [0.3, 0.4) is 0 Å². The van der Waals surface area contributed by atoms with Crippen molar-refractivity contribution in [3.05, 3.63) is 0 Å². The molecule has 4 heteroatoms. The molecule has 0 rings (SSSR count). The Balaban J connectivity index is 0. The van der Waals surface area contributed by atoms with Gasteiger partial charge in [-0.25, -0.2) is 0 Å². The van der Waals surface area contributed by atoms with Gasteiger partial charge in [0.15, 0.2) is 0 Å². The molecule has 0 aliphatic carbocycles. The Morgan fingerprint density at radius 2 is 1.00 bits per heavy atom. The van der Waals surface area contributed by atoms with Gasteiger partial charge in [-0.15, -0.1) is 12.4 Å². The molecular formula is C16H32ClNO2. The summed E-state index contributed by atoms with van der Waals surface area (Å²) in [6.45, 7) is 4.35. The van der Waals surface area contributed by atoms with Gasteiger partial charge in [0.25, 0.3) is 0 Å². The summed E-state index contributed by atoms with van der Waals surface area (Å²) in [7, 11) is 0. The maximum atomic E-state index is 11.5. The van der Waals surface area contributed by atoms with Gasteiger partial charge in [-0.2, -0.15) is 0 Å². The number of unbranched alkanes of at least 4 members (excludes halogenated alkanes) is 8. The number of halogens is 1. The van der Waals surface area contributed by atoms with Crippen molar-refractivity contribution in [1.82, 2.24) is 5.32 Å². The Bertz CT molecular complexity index is 221. The molecule has 0 fully saturated rings. The van der Waals surface area contributed by atoms with E-state index >= 15 is 0 Å². The Morgan fingerprint density at radius 1 is 0.650 bits per heavy atom. The van der Waals surface area contributed by atoms with Crippen molar-refractivity contribution in [3.63, 3.8) is 0 Å². The van der Waals surface area contributed by atoms with Crippen LogP contribution in [-0.2, 0) is 9.59 Å². The van der Waals surface area contributed by atoms with Crippen molar-refractivity contribution in [1.29, 1.82) is 0 Å². The minimum absolute atomic E-state index is 0. The minimum Gasteiger partial charge on any atom is -0.296 e. The van der Waals surface area contributed by atoms with E-state index in [0.717, 1.165) is 25.7 Å². The van der Waals surface area contributed by atoms with Gasteiger partial charge in [-0.05, 0) is 12.8 Å². The molecular weight excluding hydrogens is 274 g/mol. The van der Waals surface area contributed by atoms with Crippen molar-refractivity contribution in [2.75, 3.05) is 0 Å². The molecule has 2 amide bonds. The van der Waals surface area contributed by atoms with E-state index in [2.05, 4.69) is 19.2 Å². The highest BCUT2D eigenvalue weighted by Gasteiger charge is 2.06. The molecule has 3 nitrogen and oxygen atoms in total. The SMILES string of the molecule is CCCCCCCC(=O)NC(=O)CCCCCCC.Cl. The first-order valence-electron chi connectivity index (χ1n) is 8.03. The zero-order chi connectivity index (χ0) is 14.3. The molecule has 0 radical (unpaired) electrons. The van der Waals surface area contributed by atoms with E-state index in [0.29, 0.717) is 12.8 Å². The number of amides is 2. The smallest absolute Gasteiger partial charge is 0.226 e. The molecule has 0 aliphatic rings. The lowest BCUT2D eigenvalue weighted by molar-refractivity contribution is -0.130. The molecule has 0 atom stereocenters. The third-order valence-corrected chi connectivity index (χ3v) is 3.29. The number of imide groups is 1. The number of rotatable bonds is 12. The van der Waals surface area contributed by atoms with Crippen LogP contribution in [-0.4, -0.2) is 11.8 Å². The molecule has 120 valence electrons. The summed E-state index contributed by atoms with van der Waals surface area (Å²) in [4.78, 5) is 23.0. The second-order valence-corrected chi connectivity index (χ2v) is 5.30. The van der Waals surface area contributed by atoms with Gasteiger partial charge >= 0.3 is 0 Å². The van der Waals surface area contributed by atoms with E-state index in [4.69, 9.17) is 0 Å². The fourth-order valence-electron chi connectivity index (χ4n) is 2.06. The van der Waals surface area contributed by atoms with Gasteiger partial charge in [0, 0.05) is 12.8 Å². The van der Waals surface area contributed by atoms with Crippen LogP contribution < -0.4 is 5.32 Å². The Hall–Kier alpha value is -0.570. The lowest BCUT2D eigenvalue weighted by Gasteiger charge is -2.04. The summed E-state index contributed by atoms with van der Waals surface area (Å²) in [5.41, 5.74) is 0. The summed E-state index contributed by atoms with van der Waals surface area (Å²) in [5.74, 6) is -0.204. The second kappa shape index (κ2) is 16.5. The van der Waals surface area contributed by atoms with Crippen LogP contribution in [0, 0.1) is 0 Å². The molecule has 1 N–H and O–H groups in total. The first-order chi connectivity index (χ1) is 9.20. The Morgan fingerprint density at radius 3 is 1.35 bits per heavy atom. The van der Waals surface area contributed by atoms with Crippen molar-refractivity contribution >= 4 is 24.2 Å². The predicted octanol–water partition coefficient (Wildman–Crippen LogP) is 4.77. The zero-order valence-corrected chi connectivity index (χ0v) is 14.0. The molecule has 0 saturated heterocycles. The van der Waals surface area contributed by atoms with E-state index in [9.17, 15) is 9.59 Å². The summed E-state index contributed by atoms with van der Waals surface area (Å²) in [6.07, 6.45) is 12.2. The fraction of sp³-hybridized carbons (Fsp3) is 0.875. The monoisotopic (exact) mass is 305 g/mol. The molecule has 0 aromatic rings. The van der Waals surface area contributed by atoms with Crippen molar-refractivity contribution in [2.24, 2.45) is 0 Å². The normalized spacial score (nSPS) is 9.90. The van der Waals surface area contributed by atoms with E-state index in [-0.39, 0.29) is 24.2 Å². The van der Waals surface area contributed by atoms with E-state index in [1.54, 1.807) is 0 Å². The molecule has 0 bridgehead atoms. The highest BCUT2D eigenvalue weighted by Crippen LogP contribution is 2.06. The van der Waals surface area contributed by atoms with Crippen LogP contribution in [0.1, 0.15) is 90.9 Å². The highest BCUT2D eigenvalue weighted by atomic mass is 35.5. The van der Waals surface area contributed by atoms with Crippen LogP contribution >= 0.6 is 12.4 Å². The number of hydrogen-bond donors (Lipinski definition) is 1. The average molecular weight is 306 g/mol. The van der Waals surface area contributed by atoms with Crippen molar-refractivity contribution in [3.8, 4) is 0 Å². The molecule has 0 unspecified atom stereocenters. The number of hydrogen-bond acceptors (Lipinski definition) is 2. The zero-order valence-electron chi connectivity index (χ0n) is 13.2. The number of carbonyl (C=O) groups is 2. The van der Waals surface area contributed by atoms with Crippen molar-refractivity contribution < 1.29 is 9.59 Å². The van der Waals surface area contributed by atoms with Gasteiger partial charge < -0.3 is 0 Å². The van der Waals surface area contributed by atoms with E-state index in [1.807, 2.05) is 0 Å². The fourth-order valence-corrected chi connectivity index (χ4v) is 2.06. The van der Waals surface area contributed by atoms with Crippen LogP contribution in [0.4, 0.5) is 0 Å². The van der Waals surface area contributed by atoms with Gasteiger partial charge in [0.05, 0.1) is 0 Å². The van der Waals surface area contributed by atoms with Gasteiger partial charge in [0.1, 0.15) is 0 Å². The second-order valence-electron chi connectivity index (χ2n) is 5.30. The van der Waals surface area contributed by atoms with Gasteiger partial charge in [-0.3, -0.25) is 14.9 Å². The molecule has 0 heterocycles. The number of carbonyl (C=O) groups excluding carboxylic acids is 2. The van der Waals surface area contributed by atoms with Gasteiger partial charge in [-0.1, -0.05) is 65.2 Å². The third-order valence-electron chi connectivity index (χ3n) is 3.29. The summed E-state index contributed by atoms with van der Waals surface area (Å²) < 4.78 is 0. The number of nitrogens with one attached hydrogen (secondary N) is 1. The first-order valence-corrected chi connectivity index (χ1v) is 8.03. The Kier molecular flexibility index (Phi) is 17.9. The molecule has 0 saturated carbocycles. The first kappa shape index (κ1) is 21.7. The van der Waals surface area contributed by atoms with E-state index < -0.39 is 0 Å². The lowest BCUT2D eigenvalue weighted by atomic mass is 10.1. The maximum absolute atomic E-state index is 11.5. The summed E-state index contributed by atoms with van der Waals surface area (Å²) >= 11 is 0. The van der Waals surface area contributed by atoms with Gasteiger partial charge in [0.2, 0.25) is 11.8 Å². The van der Waals surface area contributed by atoms with Crippen LogP contribution in [0.25, 0.3) is 0 Å². The third kappa shape index (κ3) is 15.5. The predicted molar refractivity (Wildman–Crippen MR) is 87.1 cm³/mol. The largest absolute Gasteiger partial charge is 0.296 e. The molecule has 20 heavy (non-hydrogen) atoms. The van der Waals surface area contributed by atoms with Crippen molar-refractivity contribution in [2.45, 2.75) is 90.9 Å². The summed E-state index contributed by atoms with van der Waals surface area (Å²) in [6, 6.07) is 0. The lowest BCUT2D eigenvalue weighted by Crippen LogP contribution is -2.29. The maximum Gasteiger partial charge on any atom is 0.226 e. The van der Waals surface area contributed by atoms with Crippen LogP contribution in [0.5, 0.6) is 0 Å². The quantitative estimate of drug-likeness (QED) is 0.528. The Labute approximate surface area is 130 Å². The topological polar surface area (TPSA) is 46.2 Å². The van der Waals surface area contributed by atoms with Crippen LogP contribution in [0.15, 0.2) is 0 Å². The average Bonchev–Trinajstić information content (AvgIpc) is 2.38. The van der Waals surface area contributed by atoms with E-state index in [1.165, 1.54) is 38.5 Å². The molecule has 0 spiro atoms. The standard InChI is InChI=1S/C16H31NO2.ClH/c1-3-5-7-9-11-13-15(18)17-16(19)14-12-10-8-6-4-2;/h3-14H2,1-2H3,(H,17,18,19);1H. The minimum atomic E-state index is -0.102. The molecule has 0 aromatic carbocycles. The molecule has 0 aromatic heterocycles. The summed E-state index contributed by atoms with van der Waals surface area (Å²) in [5, 5.41) is 2.48. The van der Waals surface area contributed by atoms with Crippen LogP contribution in [0.2, 0.25) is 0 Å².